The molecule has 0 radical (unpaired) electrons. The van der Waals surface area contributed by atoms with E-state index >= 15 is 0 Å². The van der Waals surface area contributed by atoms with Crippen LogP contribution in [0.5, 0.6) is 0 Å². The molecule has 0 spiro atoms. The van der Waals surface area contributed by atoms with Crippen LogP contribution in [0.15, 0.2) is 36.0 Å². The molecule has 1 N–H and O–H groups in total. The summed E-state index contributed by atoms with van der Waals surface area (Å²) in [6.07, 6.45) is 3.64. The van der Waals surface area contributed by atoms with E-state index in [0.29, 0.717) is 5.75 Å². The van der Waals surface area contributed by atoms with Gasteiger partial charge in [-0.25, -0.2) is 0 Å². The number of hydrogen-bond acceptors (Lipinski definition) is 4. The Morgan fingerprint density at radius 3 is 3.18 bits per heavy atom. The van der Waals surface area contributed by atoms with Crippen molar-refractivity contribution in [1.82, 2.24) is 4.98 Å². The first-order valence-corrected chi connectivity index (χ1v) is 7.16. The SMILES string of the molecule is O=C1CSC(c2cccnc2)c2sccc2N1. The molecular formula is C12H10N2OS2. The summed E-state index contributed by atoms with van der Waals surface area (Å²) in [5.74, 6) is 0.557. The van der Waals surface area contributed by atoms with Crippen LogP contribution in [0.3, 0.4) is 0 Å². The Morgan fingerprint density at radius 1 is 1.41 bits per heavy atom. The summed E-state index contributed by atoms with van der Waals surface area (Å²) in [7, 11) is 0. The van der Waals surface area contributed by atoms with Gasteiger partial charge in [-0.2, -0.15) is 0 Å². The summed E-state index contributed by atoms with van der Waals surface area (Å²) in [4.78, 5) is 16.9. The monoisotopic (exact) mass is 262 g/mol. The fraction of sp³-hybridized carbons (Fsp3) is 0.167. The summed E-state index contributed by atoms with van der Waals surface area (Å²) in [5.41, 5.74) is 2.09. The van der Waals surface area contributed by atoms with Crippen LogP contribution in [-0.2, 0) is 4.79 Å². The van der Waals surface area contributed by atoms with Gasteiger partial charge in [0.05, 0.1) is 16.7 Å². The lowest BCUT2D eigenvalue weighted by Gasteiger charge is -2.12. The van der Waals surface area contributed by atoms with Crippen molar-refractivity contribution in [3.63, 3.8) is 0 Å². The third-order valence-electron chi connectivity index (χ3n) is 2.58. The maximum absolute atomic E-state index is 11.6. The Hall–Kier alpha value is -1.33. The number of hydrogen-bond donors (Lipinski definition) is 1. The molecule has 1 atom stereocenters. The average Bonchev–Trinajstić information content (AvgIpc) is 2.73. The Kier molecular flexibility index (Phi) is 2.86. The Bertz CT molecular complexity index is 538. The lowest BCUT2D eigenvalue weighted by molar-refractivity contribution is -0.113. The molecule has 0 fully saturated rings. The van der Waals surface area contributed by atoms with Gasteiger partial charge in [-0.1, -0.05) is 6.07 Å². The van der Waals surface area contributed by atoms with Gasteiger partial charge in [0, 0.05) is 17.3 Å². The van der Waals surface area contributed by atoms with Crippen molar-refractivity contribution in [2.75, 3.05) is 11.1 Å². The minimum atomic E-state index is 0.0704. The molecule has 0 bridgehead atoms. The minimum absolute atomic E-state index is 0.0704. The van der Waals surface area contributed by atoms with E-state index in [-0.39, 0.29) is 11.2 Å². The van der Waals surface area contributed by atoms with Gasteiger partial charge in [0.15, 0.2) is 0 Å². The number of rotatable bonds is 1. The molecule has 0 aliphatic carbocycles. The normalized spacial score (nSPS) is 19.3. The molecule has 3 rings (SSSR count). The molecule has 3 nitrogen and oxygen atoms in total. The van der Waals surface area contributed by atoms with Crippen LogP contribution < -0.4 is 5.32 Å². The molecule has 0 saturated carbocycles. The molecular weight excluding hydrogens is 252 g/mol. The number of aromatic nitrogens is 1. The van der Waals surface area contributed by atoms with Crippen LogP contribution in [-0.4, -0.2) is 16.6 Å². The highest BCUT2D eigenvalue weighted by atomic mass is 32.2. The Labute approximate surface area is 107 Å². The average molecular weight is 262 g/mol. The first-order chi connectivity index (χ1) is 8.34. The van der Waals surface area contributed by atoms with Gasteiger partial charge in [-0.15, -0.1) is 23.1 Å². The number of pyridine rings is 1. The number of carbonyl (C=O) groups excluding carboxylic acids is 1. The van der Waals surface area contributed by atoms with Crippen molar-refractivity contribution < 1.29 is 4.79 Å². The zero-order valence-corrected chi connectivity index (χ0v) is 10.6. The molecule has 2 aromatic rings. The first-order valence-electron chi connectivity index (χ1n) is 5.23. The fourth-order valence-corrected chi connectivity index (χ4v) is 4.05. The lowest BCUT2D eigenvalue weighted by Crippen LogP contribution is -2.11. The van der Waals surface area contributed by atoms with Crippen molar-refractivity contribution in [3.8, 4) is 0 Å². The van der Waals surface area contributed by atoms with Crippen LogP contribution in [0.2, 0.25) is 0 Å². The van der Waals surface area contributed by atoms with Crippen LogP contribution >= 0.6 is 23.1 Å². The van der Waals surface area contributed by atoms with E-state index in [9.17, 15) is 4.79 Å². The van der Waals surface area contributed by atoms with Crippen molar-refractivity contribution in [2.24, 2.45) is 0 Å². The zero-order chi connectivity index (χ0) is 11.7. The molecule has 17 heavy (non-hydrogen) atoms. The van der Waals surface area contributed by atoms with Gasteiger partial charge in [-0.05, 0) is 23.1 Å². The van der Waals surface area contributed by atoms with Crippen molar-refractivity contribution in [1.29, 1.82) is 0 Å². The molecule has 1 aliphatic heterocycles. The topological polar surface area (TPSA) is 42.0 Å². The molecule has 0 aromatic carbocycles. The molecule has 1 unspecified atom stereocenters. The maximum atomic E-state index is 11.6. The zero-order valence-electron chi connectivity index (χ0n) is 8.92. The predicted molar refractivity (Wildman–Crippen MR) is 71.5 cm³/mol. The smallest absolute Gasteiger partial charge is 0.234 e. The Morgan fingerprint density at radius 2 is 2.35 bits per heavy atom. The van der Waals surface area contributed by atoms with Gasteiger partial charge >= 0.3 is 0 Å². The number of amides is 1. The van der Waals surface area contributed by atoms with Crippen LogP contribution in [0.25, 0.3) is 0 Å². The Balaban J connectivity index is 2.04. The minimum Gasteiger partial charge on any atom is -0.324 e. The summed E-state index contributed by atoms with van der Waals surface area (Å²) in [6.45, 7) is 0. The number of thioether (sulfide) groups is 1. The molecule has 3 heterocycles. The highest BCUT2D eigenvalue weighted by molar-refractivity contribution is 8.00. The number of thiophene rings is 1. The molecule has 1 aliphatic rings. The highest BCUT2D eigenvalue weighted by Crippen LogP contribution is 2.43. The van der Waals surface area contributed by atoms with E-state index in [1.54, 1.807) is 29.3 Å². The quantitative estimate of drug-likeness (QED) is 0.859. The second-order valence-electron chi connectivity index (χ2n) is 3.72. The molecule has 86 valence electrons. The molecule has 1 amide bonds. The highest BCUT2D eigenvalue weighted by Gasteiger charge is 2.25. The third kappa shape index (κ3) is 2.08. The van der Waals surface area contributed by atoms with Crippen molar-refractivity contribution >= 4 is 34.7 Å². The van der Waals surface area contributed by atoms with Crippen molar-refractivity contribution in [2.45, 2.75) is 5.25 Å². The summed E-state index contributed by atoms with van der Waals surface area (Å²) < 4.78 is 0. The van der Waals surface area contributed by atoms with Gasteiger partial charge in [0.1, 0.15) is 0 Å². The van der Waals surface area contributed by atoms with E-state index in [4.69, 9.17) is 0 Å². The number of nitrogens with zero attached hydrogens (tertiary/aromatic N) is 1. The molecule has 0 saturated heterocycles. The van der Waals surface area contributed by atoms with E-state index in [1.807, 2.05) is 23.7 Å². The standard InChI is InChI=1S/C12H10N2OS2/c15-10-7-17-11(8-2-1-4-13-6-8)12-9(14-10)3-5-16-12/h1-6,11H,7H2,(H,14,15). The third-order valence-corrected chi connectivity index (χ3v) is 4.98. The number of carbonyl (C=O) groups is 1. The molecule has 2 aromatic heterocycles. The van der Waals surface area contributed by atoms with Gasteiger partial charge in [0.2, 0.25) is 5.91 Å². The van der Waals surface area contributed by atoms with E-state index in [2.05, 4.69) is 16.4 Å². The van der Waals surface area contributed by atoms with Gasteiger partial charge in [-0.3, -0.25) is 9.78 Å². The van der Waals surface area contributed by atoms with Crippen LogP contribution in [0.1, 0.15) is 15.7 Å². The number of nitrogens with one attached hydrogen (secondary N) is 1. The second kappa shape index (κ2) is 4.50. The van der Waals surface area contributed by atoms with Crippen LogP contribution in [0.4, 0.5) is 5.69 Å². The maximum Gasteiger partial charge on any atom is 0.234 e. The van der Waals surface area contributed by atoms with E-state index in [1.165, 1.54) is 4.88 Å². The number of fused-ring (bicyclic) bond motifs is 1. The summed E-state index contributed by atoms with van der Waals surface area (Å²) in [5, 5.41) is 5.15. The van der Waals surface area contributed by atoms with Crippen molar-refractivity contribution in [3.05, 3.63) is 46.4 Å². The van der Waals surface area contributed by atoms with E-state index in [0.717, 1.165) is 11.3 Å². The number of anilines is 1. The van der Waals surface area contributed by atoms with Gasteiger partial charge in [0.25, 0.3) is 0 Å². The summed E-state index contributed by atoms with van der Waals surface area (Å²) in [6, 6.07) is 5.96. The fourth-order valence-electron chi connectivity index (χ4n) is 1.83. The first kappa shape index (κ1) is 10.8. The summed E-state index contributed by atoms with van der Waals surface area (Å²) >= 11 is 3.33. The van der Waals surface area contributed by atoms with E-state index < -0.39 is 0 Å². The molecule has 5 heteroatoms. The van der Waals surface area contributed by atoms with Gasteiger partial charge < -0.3 is 5.32 Å². The second-order valence-corrected chi connectivity index (χ2v) is 5.77. The predicted octanol–water partition coefficient (Wildman–Crippen LogP) is 2.92. The lowest BCUT2D eigenvalue weighted by atomic mass is 10.1. The van der Waals surface area contributed by atoms with Crippen LogP contribution in [0, 0.1) is 0 Å². The largest absolute Gasteiger partial charge is 0.324 e.